The minimum absolute atomic E-state index is 0.00116. The number of carbonyl (C=O) groups excluding carboxylic acids is 1. The first kappa shape index (κ1) is 11.1. The largest absolute Gasteiger partial charge is 0.289 e. The van der Waals surface area contributed by atoms with Crippen molar-refractivity contribution in [2.45, 2.75) is 11.8 Å². The van der Waals surface area contributed by atoms with Gasteiger partial charge < -0.3 is 0 Å². The van der Waals surface area contributed by atoms with Gasteiger partial charge in [0, 0.05) is 31.8 Å². The van der Waals surface area contributed by atoms with Crippen molar-refractivity contribution in [3.63, 3.8) is 0 Å². The molecule has 0 saturated carbocycles. The molecule has 1 aliphatic heterocycles. The number of ketones is 1. The number of allylic oxidation sites excluding steroid dienone is 1. The molecule has 0 unspecified atom stereocenters. The first-order valence-electron chi connectivity index (χ1n) is 4.42. The van der Waals surface area contributed by atoms with Gasteiger partial charge in [-0.1, -0.05) is 23.2 Å². The average Bonchev–Trinajstić information content (AvgIpc) is 2.19. The summed E-state index contributed by atoms with van der Waals surface area (Å²) in [4.78, 5) is 13.0. The third-order valence-corrected chi connectivity index (χ3v) is 3.81. The quantitative estimate of drug-likeness (QED) is 0.651. The first-order valence-corrected chi connectivity index (χ1v) is 6.16. The molecule has 0 saturated heterocycles. The lowest BCUT2D eigenvalue weighted by atomic mass is 10.0. The van der Waals surface area contributed by atoms with Crippen LogP contribution in [0.1, 0.15) is 17.3 Å². The number of halogens is 2. The van der Waals surface area contributed by atoms with Crippen LogP contribution in [0.2, 0.25) is 5.02 Å². The zero-order valence-electron chi connectivity index (χ0n) is 8.01. The second kappa shape index (κ2) is 4.20. The maximum Gasteiger partial charge on any atom is 0.192 e. The van der Waals surface area contributed by atoms with Gasteiger partial charge in [-0.15, -0.1) is 11.8 Å². The van der Waals surface area contributed by atoms with E-state index in [-0.39, 0.29) is 5.78 Å². The summed E-state index contributed by atoms with van der Waals surface area (Å²) in [6.45, 7) is 1.74. The summed E-state index contributed by atoms with van der Waals surface area (Å²) in [5.41, 5.74) is 1.34. The Kier molecular flexibility index (Phi) is 3.10. The van der Waals surface area contributed by atoms with E-state index in [0.717, 1.165) is 4.90 Å². The van der Waals surface area contributed by atoms with Gasteiger partial charge in [0.25, 0.3) is 0 Å². The van der Waals surface area contributed by atoms with Gasteiger partial charge in [0.2, 0.25) is 0 Å². The lowest BCUT2D eigenvalue weighted by molar-refractivity contribution is 0.103. The normalized spacial score (nSPS) is 18.7. The first-order chi connectivity index (χ1) is 7.09. The Labute approximate surface area is 102 Å². The molecule has 1 aromatic rings. The minimum atomic E-state index is -0.00116. The Morgan fingerprint density at radius 3 is 2.87 bits per heavy atom. The Morgan fingerprint density at radius 2 is 2.20 bits per heavy atom. The molecule has 1 nitrogen and oxygen atoms in total. The van der Waals surface area contributed by atoms with E-state index >= 15 is 0 Å². The van der Waals surface area contributed by atoms with E-state index in [1.807, 2.05) is 6.07 Å². The van der Waals surface area contributed by atoms with Crippen LogP contribution in [-0.2, 0) is 0 Å². The van der Waals surface area contributed by atoms with Crippen LogP contribution in [0.25, 0.3) is 0 Å². The average molecular weight is 259 g/mol. The summed E-state index contributed by atoms with van der Waals surface area (Å²) in [6, 6.07) is 5.37. The van der Waals surface area contributed by atoms with Crippen molar-refractivity contribution < 1.29 is 4.79 Å². The van der Waals surface area contributed by atoms with E-state index in [1.54, 1.807) is 30.8 Å². The highest BCUT2D eigenvalue weighted by atomic mass is 35.5. The van der Waals surface area contributed by atoms with Crippen LogP contribution in [0.4, 0.5) is 0 Å². The zero-order chi connectivity index (χ0) is 11.0. The van der Waals surface area contributed by atoms with Crippen LogP contribution in [0, 0.1) is 0 Å². The van der Waals surface area contributed by atoms with Crippen LogP contribution in [0.15, 0.2) is 33.7 Å². The third kappa shape index (κ3) is 2.07. The van der Waals surface area contributed by atoms with E-state index in [1.165, 1.54) is 0 Å². The van der Waals surface area contributed by atoms with E-state index in [4.69, 9.17) is 23.2 Å². The molecule has 0 aromatic heterocycles. The molecule has 0 N–H and O–H groups in total. The van der Waals surface area contributed by atoms with Crippen LogP contribution < -0.4 is 0 Å². The van der Waals surface area contributed by atoms with Gasteiger partial charge in [0.1, 0.15) is 0 Å². The highest BCUT2D eigenvalue weighted by Crippen LogP contribution is 2.35. The molecule has 1 aliphatic rings. The molecule has 1 heterocycles. The topological polar surface area (TPSA) is 17.1 Å². The Morgan fingerprint density at radius 1 is 1.47 bits per heavy atom. The number of benzene rings is 1. The van der Waals surface area contributed by atoms with Crippen LogP contribution >= 0.6 is 35.0 Å². The van der Waals surface area contributed by atoms with Crippen molar-refractivity contribution in [3.05, 3.63) is 39.4 Å². The summed E-state index contributed by atoms with van der Waals surface area (Å²) in [6.07, 6.45) is 0. The van der Waals surface area contributed by atoms with Gasteiger partial charge >= 0.3 is 0 Å². The lowest BCUT2D eigenvalue weighted by Gasteiger charge is -2.17. The molecule has 0 amide bonds. The van der Waals surface area contributed by atoms with E-state index in [2.05, 4.69) is 0 Å². The maximum absolute atomic E-state index is 12.0. The Hall–Kier alpha value is -0.440. The summed E-state index contributed by atoms with van der Waals surface area (Å²) in [5, 5.41) is 1.15. The molecule has 0 fully saturated rings. The summed E-state index contributed by atoms with van der Waals surface area (Å²) in [5.74, 6) is 0.641. The van der Waals surface area contributed by atoms with Crippen LogP contribution in [0.3, 0.4) is 0 Å². The van der Waals surface area contributed by atoms with Gasteiger partial charge in [-0.3, -0.25) is 4.79 Å². The SMILES string of the molecule is C/C(Cl)=C1\CSc2ccc(Cl)cc2C1=O. The minimum Gasteiger partial charge on any atom is -0.289 e. The molecule has 1 aromatic carbocycles. The number of rotatable bonds is 0. The smallest absolute Gasteiger partial charge is 0.192 e. The molecule has 0 aliphatic carbocycles. The Balaban J connectivity index is 2.55. The second-order valence-corrected chi connectivity index (χ2v) is 5.29. The number of fused-ring (bicyclic) bond motifs is 1. The molecule has 15 heavy (non-hydrogen) atoms. The molecular formula is C11H8Cl2OS. The fourth-order valence-corrected chi connectivity index (χ4v) is 2.96. The van der Waals surface area contributed by atoms with Gasteiger partial charge in [0.15, 0.2) is 5.78 Å². The van der Waals surface area contributed by atoms with Crippen molar-refractivity contribution in [1.82, 2.24) is 0 Å². The van der Waals surface area contributed by atoms with Crippen molar-refractivity contribution >= 4 is 40.7 Å². The van der Waals surface area contributed by atoms with Crippen molar-refractivity contribution in [1.29, 1.82) is 0 Å². The molecule has 4 heteroatoms. The molecule has 78 valence electrons. The van der Waals surface area contributed by atoms with Gasteiger partial charge in [-0.25, -0.2) is 0 Å². The number of thioether (sulfide) groups is 1. The fourth-order valence-electron chi connectivity index (χ4n) is 1.44. The van der Waals surface area contributed by atoms with Gasteiger partial charge in [-0.2, -0.15) is 0 Å². The van der Waals surface area contributed by atoms with E-state index < -0.39 is 0 Å². The van der Waals surface area contributed by atoms with E-state index in [9.17, 15) is 4.79 Å². The summed E-state index contributed by atoms with van der Waals surface area (Å²) in [7, 11) is 0. The van der Waals surface area contributed by atoms with Crippen LogP contribution in [-0.4, -0.2) is 11.5 Å². The molecule has 0 spiro atoms. The van der Waals surface area contributed by atoms with E-state index in [0.29, 0.717) is 26.9 Å². The van der Waals surface area contributed by atoms with Crippen molar-refractivity contribution in [2.75, 3.05) is 5.75 Å². The Bertz CT molecular complexity index is 462. The van der Waals surface area contributed by atoms with Crippen molar-refractivity contribution in [3.8, 4) is 0 Å². The van der Waals surface area contributed by atoms with Gasteiger partial charge in [-0.05, 0) is 25.1 Å². The molecule has 0 bridgehead atoms. The lowest BCUT2D eigenvalue weighted by Crippen LogP contribution is -2.13. The van der Waals surface area contributed by atoms with Gasteiger partial charge in [0.05, 0.1) is 0 Å². The van der Waals surface area contributed by atoms with Crippen molar-refractivity contribution in [2.24, 2.45) is 0 Å². The molecular weight excluding hydrogens is 251 g/mol. The molecule has 2 rings (SSSR count). The van der Waals surface area contributed by atoms with Crippen LogP contribution in [0.5, 0.6) is 0 Å². The summed E-state index contributed by atoms with van der Waals surface area (Å²) >= 11 is 13.3. The predicted octanol–water partition coefficient (Wildman–Crippen LogP) is 4.14. The highest BCUT2D eigenvalue weighted by molar-refractivity contribution is 7.99. The number of hydrogen-bond donors (Lipinski definition) is 0. The second-order valence-electron chi connectivity index (χ2n) is 3.27. The predicted molar refractivity (Wildman–Crippen MR) is 65.1 cm³/mol. The number of hydrogen-bond acceptors (Lipinski definition) is 2. The number of Topliss-reactive ketones (excluding diaryl/α,β-unsaturated/α-hetero) is 1. The fraction of sp³-hybridized carbons (Fsp3) is 0.182. The molecule has 0 atom stereocenters. The monoisotopic (exact) mass is 258 g/mol. The molecule has 0 radical (unpaired) electrons. The highest BCUT2D eigenvalue weighted by Gasteiger charge is 2.23. The standard InChI is InChI=1S/C11H8Cl2OS/c1-6(12)9-5-15-10-3-2-7(13)4-8(10)11(9)14/h2-4H,5H2,1H3/b9-6-. The summed E-state index contributed by atoms with van der Waals surface area (Å²) < 4.78 is 0. The zero-order valence-corrected chi connectivity index (χ0v) is 10.3. The third-order valence-electron chi connectivity index (χ3n) is 2.25. The maximum atomic E-state index is 12.0. The number of carbonyl (C=O) groups is 1.